The standard InChI is InChI=1S/C18H27N8O2P/c1-5-29(4,28)17-23-15(19)14-16(24-17)26(18(27)22-14)11-12-6-7-13(21-10-12)20-8-9-25(2)3/h6-7,10H,5,8-9,11H2,1-4H3,(H,20,21)(H,22,27)(H2,19,23,24)/t29-/m1/s1. The van der Waals surface area contributed by atoms with Crippen molar-refractivity contribution in [3.05, 3.63) is 34.4 Å². The van der Waals surface area contributed by atoms with Gasteiger partial charge in [0.1, 0.15) is 18.5 Å². The van der Waals surface area contributed by atoms with Crippen LogP contribution in [0, 0.1) is 0 Å². The van der Waals surface area contributed by atoms with Gasteiger partial charge in [0.2, 0.25) is 0 Å². The summed E-state index contributed by atoms with van der Waals surface area (Å²) in [6, 6.07) is 3.77. The Bertz CT molecular complexity index is 1100. The fourth-order valence-corrected chi connectivity index (χ4v) is 3.66. The van der Waals surface area contributed by atoms with Crippen molar-refractivity contribution in [3.8, 4) is 0 Å². The highest BCUT2D eigenvalue weighted by molar-refractivity contribution is 7.70. The van der Waals surface area contributed by atoms with E-state index in [1.54, 1.807) is 12.9 Å². The molecule has 0 aliphatic rings. The van der Waals surface area contributed by atoms with Gasteiger partial charge in [-0.2, -0.15) is 0 Å². The molecule has 156 valence electrons. The van der Waals surface area contributed by atoms with Gasteiger partial charge in [-0.15, -0.1) is 0 Å². The van der Waals surface area contributed by atoms with Gasteiger partial charge in [-0.3, -0.25) is 4.57 Å². The average Bonchev–Trinajstić information content (AvgIpc) is 2.99. The molecular weight excluding hydrogens is 391 g/mol. The highest BCUT2D eigenvalue weighted by Crippen LogP contribution is 2.38. The van der Waals surface area contributed by atoms with Crippen molar-refractivity contribution in [2.24, 2.45) is 0 Å². The van der Waals surface area contributed by atoms with Crippen molar-refractivity contribution in [1.82, 2.24) is 29.4 Å². The lowest BCUT2D eigenvalue weighted by atomic mass is 10.3. The Morgan fingerprint density at radius 2 is 2.07 bits per heavy atom. The van der Waals surface area contributed by atoms with Crippen molar-refractivity contribution in [3.63, 3.8) is 0 Å². The largest absolute Gasteiger partial charge is 0.382 e. The molecule has 3 aromatic heterocycles. The van der Waals surface area contributed by atoms with E-state index in [-0.39, 0.29) is 23.6 Å². The molecule has 0 aliphatic carbocycles. The van der Waals surface area contributed by atoms with E-state index < -0.39 is 7.14 Å². The zero-order chi connectivity index (χ0) is 21.2. The van der Waals surface area contributed by atoms with Gasteiger partial charge in [0.05, 0.1) is 6.54 Å². The second-order valence-electron chi connectivity index (χ2n) is 7.32. The molecule has 0 fully saturated rings. The maximum Gasteiger partial charge on any atom is 0.328 e. The summed E-state index contributed by atoms with van der Waals surface area (Å²) in [5, 5.41) is 3.25. The number of rotatable bonds is 8. The van der Waals surface area contributed by atoms with Gasteiger partial charge in [0.15, 0.2) is 17.0 Å². The number of nitrogen functional groups attached to an aromatic ring is 1. The van der Waals surface area contributed by atoms with Crippen LogP contribution in [0.15, 0.2) is 23.1 Å². The third-order valence-corrected chi connectivity index (χ3v) is 6.95. The molecule has 10 nitrogen and oxygen atoms in total. The number of nitrogens with one attached hydrogen (secondary N) is 2. The Hall–Kier alpha value is -2.71. The second-order valence-corrected chi connectivity index (χ2v) is 10.6. The van der Waals surface area contributed by atoms with Crippen LogP contribution in [0.3, 0.4) is 0 Å². The SMILES string of the molecule is CC[P@@](C)(=O)c1nc(N)c2[nH]c(=O)n(Cc3ccc(NCCN(C)C)nc3)c2n1. The van der Waals surface area contributed by atoms with Gasteiger partial charge >= 0.3 is 5.69 Å². The third-order valence-electron chi connectivity index (χ3n) is 4.70. The molecule has 1 atom stereocenters. The lowest BCUT2D eigenvalue weighted by molar-refractivity contribution is 0.425. The van der Waals surface area contributed by atoms with E-state index in [0.717, 1.165) is 24.5 Å². The monoisotopic (exact) mass is 418 g/mol. The fraction of sp³-hybridized carbons (Fsp3) is 0.444. The smallest absolute Gasteiger partial charge is 0.328 e. The Morgan fingerprint density at radius 3 is 2.69 bits per heavy atom. The highest BCUT2D eigenvalue weighted by Gasteiger charge is 2.23. The number of hydrogen-bond acceptors (Lipinski definition) is 8. The average molecular weight is 418 g/mol. The van der Waals surface area contributed by atoms with Crippen LogP contribution >= 0.6 is 7.14 Å². The predicted molar refractivity (Wildman–Crippen MR) is 117 cm³/mol. The number of aromatic nitrogens is 5. The van der Waals surface area contributed by atoms with Crippen LogP contribution in [0.5, 0.6) is 0 Å². The summed E-state index contributed by atoms with van der Waals surface area (Å²) >= 11 is 0. The van der Waals surface area contributed by atoms with E-state index >= 15 is 0 Å². The van der Waals surface area contributed by atoms with Gasteiger partial charge in [-0.1, -0.05) is 13.0 Å². The number of nitrogens with zero attached hydrogens (tertiary/aromatic N) is 5. The summed E-state index contributed by atoms with van der Waals surface area (Å²) < 4.78 is 14.2. The quantitative estimate of drug-likeness (QED) is 0.456. The molecular formula is C18H27N8O2P. The molecule has 0 saturated carbocycles. The van der Waals surface area contributed by atoms with Gasteiger partial charge in [0, 0.05) is 25.4 Å². The topological polar surface area (TPSA) is 135 Å². The molecule has 3 rings (SSSR count). The summed E-state index contributed by atoms with van der Waals surface area (Å²) in [4.78, 5) is 30.2. The molecule has 0 radical (unpaired) electrons. The van der Waals surface area contributed by atoms with Crippen molar-refractivity contribution in [1.29, 1.82) is 0 Å². The predicted octanol–water partition coefficient (Wildman–Crippen LogP) is 0.757. The highest BCUT2D eigenvalue weighted by atomic mass is 31.2. The normalized spacial score (nSPS) is 13.7. The maximum absolute atomic E-state index is 12.7. The lowest BCUT2D eigenvalue weighted by Crippen LogP contribution is -2.21. The maximum atomic E-state index is 12.7. The van der Waals surface area contributed by atoms with E-state index in [1.165, 1.54) is 4.57 Å². The Kier molecular flexibility index (Phi) is 6.04. The van der Waals surface area contributed by atoms with E-state index in [2.05, 4.69) is 30.2 Å². The number of aromatic amines is 1. The number of hydrogen-bond donors (Lipinski definition) is 3. The van der Waals surface area contributed by atoms with Crippen LogP contribution in [-0.4, -0.2) is 69.4 Å². The number of nitrogens with two attached hydrogens (primary N) is 1. The number of anilines is 2. The van der Waals surface area contributed by atoms with Crippen molar-refractivity contribution < 1.29 is 4.57 Å². The molecule has 0 aliphatic heterocycles. The molecule has 3 aromatic rings. The molecule has 0 bridgehead atoms. The molecule has 11 heteroatoms. The molecule has 4 N–H and O–H groups in total. The number of likely N-dealkylation sites (N-methyl/N-ethyl adjacent to an activating group) is 1. The molecule has 0 saturated heterocycles. The zero-order valence-corrected chi connectivity index (χ0v) is 18.0. The molecule has 0 aromatic carbocycles. The molecule has 0 amide bonds. The Balaban J connectivity index is 1.89. The van der Waals surface area contributed by atoms with E-state index in [1.807, 2.05) is 33.2 Å². The molecule has 29 heavy (non-hydrogen) atoms. The number of H-pyrrole nitrogens is 1. The van der Waals surface area contributed by atoms with Crippen molar-refractivity contribution >= 4 is 35.5 Å². The molecule has 0 unspecified atom stereocenters. The van der Waals surface area contributed by atoms with Gasteiger partial charge in [0.25, 0.3) is 0 Å². The number of pyridine rings is 1. The summed E-state index contributed by atoms with van der Waals surface area (Å²) in [5.41, 5.74) is 7.36. The van der Waals surface area contributed by atoms with Crippen molar-refractivity contribution in [2.75, 3.05) is 51.1 Å². The summed E-state index contributed by atoms with van der Waals surface area (Å²) in [6.07, 6.45) is 2.13. The summed E-state index contributed by atoms with van der Waals surface area (Å²) in [6.45, 7) is 5.38. The minimum absolute atomic E-state index is 0.120. The van der Waals surface area contributed by atoms with E-state index in [0.29, 0.717) is 17.3 Å². The Labute approximate surface area is 168 Å². The molecule has 0 spiro atoms. The molecule has 3 heterocycles. The first-order valence-electron chi connectivity index (χ1n) is 9.38. The zero-order valence-electron chi connectivity index (χ0n) is 17.1. The van der Waals surface area contributed by atoms with Gasteiger partial charge < -0.3 is 25.5 Å². The van der Waals surface area contributed by atoms with Crippen LogP contribution in [0.25, 0.3) is 11.2 Å². The van der Waals surface area contributed by atoms with Gasteiger partial charge in [-0.05, 0) is 32.4 Å². The first kappa shape index (κ1) is 21.0. The van der Waals surface area contributed by atoms with Gasteiger partial charge in [-0.25, -0.2) is 19.7 Å². The van der Waals surface area contributed by atoms with Crippen LogP contribution < -0.4 is 22.3 Å². The lowest BCUT2D eigenvalue weighted by Gasteiger charge is -2.11. The van der Waals surface area contributed by atoms with Crippen LogP contribution in [0.2, 0.25) is 0 Å². The van der Waals surface area contributed by atoms with E-state index in [9.17, 15) is 9.36 Å². The first-order chi connectivity index (χ1) is 13.7. The number of imidazole rings is 1. The van der Waals surface area contributed by atoms with E-state index in [4.69, 9.17) is 5.73 Å². The minimum Gasteiger partial charge on any atom is -0.382 e. The fourth-order valence-electron chi connectivity index (χ4n) is 2.75. The van der Waals surface area contributed by atoms with Crippen LogP contribution in [0.1, 0.15) is 12.5 Å². The van der Waals surface area contributed by atoms with Crippen LogP contribution in [-0.2, 0) is 11.1 Å². The third kappa shape index (κ3) is 4.65. The Morgan fingerprint density at radius 1 is 1.31 bits per heavy atom. The van der Waals surface area contributed by atoms with Crippen molar-refractivity contribution in [2.45, 2.75) is 13.5 Å². The van der Waals surface area contributed by atoms with Crippen LogP contribution in [0.4, 0.5) is 11.6 Å². The number of fused-ring (bicyclic) bond motifs is 1. The summed E-state index contributed by atoms with van der Waals surface area (Å²) in [7, 11) is 1.29. The first-order valence-corrected chi connectivity index (χ1v) is 11.7. The minimum atomic E-state index is -2.73. The second kappa shape index (κ2) is 8.34. The summed E-state index contributed by atoms with van der Waals surface area (Å²) in [5.74, 6) is 0.889.